The molecule has 19 heavy (non-hydrogen) atoms. The number of esters is 1. The number of hydrogen-bond donors (Lipinski definition) is 2. The van der Waals surface area contributed by atoms with Crippen LogP contribution < -0.4 is 11.3 Å². The Morgan fingerprint density at radius 1 is 1.37 bits per heavy atom. The van der Waals surface area contributed by atoms with Crippen molar-refractivity contribution in [2.24, 2.45) is 0 Å². The van der Waals surface area contributed by atoms with Gasteiger partial charge in [-0.15, -0.1) is 0 Å². The Morgan fingerprint density at radius 3 is 2.79 bits per heavy atom. The zero-order valence-corrected chi connectivity index (χ0v) is 10.7. The van der Waals surface area contributed by atoms with E-state index in [1.807, 2.05) is 0 Å². The Bertz CT molecular complexity index is 671. The molecule has 0 aliphatic carbocycles. The number of carbonyl (C=O) groups excluding carboxylic acids is 1. The topological polar surface area (TPSA) is 111 Å². The molecule has 98 valence electrons. The van der Waals surface area contributed by atoms with E-state index in [2.05, 4.69) is 19.7 Å². The highest BCUT2D eigenvalue weighted by Gasteiger charge is 2.15. The minimum atomic E-state index is -0.545. The molecule has 0 bridgehead atoms. The number of nitrogens with zero attached hydrogens (tertiary/aromatic N) is 2. The summed E-state index contributed by atoms with van der Waals surface area (Å²) in [5.41, 5.74) is 5.97. The number of ether oxygens (including phenoxy) is 1. The minimum Gasteiger partial charge on any atom is -0.465 e. The molecule has 8 heteroatoms. The summed E-state index contributed by atoms with van der Waals surface area (Å²) in [7, 11) is 1.27. The van der Waals surface area contributed by atoms with Crippen molar-refractivity contribution in [3.8, 4) is 0 Å². The Morgan fingerprint density at radius 2 is 2.11 bits per heavy atom. The number of H-pyrrole nitrogens is 1. The Kier molecular flexibility index (Phi) is 3.81. The average Bonchev–Trinajstić information content (AvgIpc) is 2.40. The van der Waals surface area contributed by atoms with Gasteiger partial charge in [-0.2, -0.15) is 0 Å². The van der Waals surface area contributed by atoms with Crippen molar-refractivity contribution in [1.29, 1.82) is 0 Å². The van der Waals surface area contributed by atoms with Gasteiger partial charge < -0.3 is 15.5 Å². The normalized spacial score (nSPS) is 10.2. The third kappa shape index (κ3) is 2.91. The number of carbonyl (C=O) groups is 1. The van der Waals surface area contributed by atoms with E-state index < -0.39 is 5.97 Å². The van der Waals surface area contributed by atoms with Crippen molar-refractivity contribution in [3.63, 3.8) is 0 Å². The number of anilines is 1. The van der Waals surface area contributed by atoms with Gasteiger partial charge in [0.2, 0.25) is 0 Å². The summed E-state index contributed by atoms with van der Waals surface area (Å²) in [6.45, 7) is 0. The second-order valence-electron chi connectivity index (χ2n) is 3.41. The van der Waals surface area contributed by atoms with E-state index in [-0.39, 0.29) is 16.8 Å². The van der Waals surface area contributed by atoms with Crippen LogP contribution in [0.25, 0.3) is 0 Å². The van der Waals surface area contributed by atoms with Gasteiger partial charge in [-0.05, 0) is 17.8 Å². The van der Waals surface area contributed by atoms with Crippen LogP contribution >= 0.6 is 11.8 Å². The molecule has 2 aromatic rings. The van der Waals surface area contributed by atoms with Crippen molar-refractivity contribution in [2.75, 3.05) is 12.8 Å². The molecule has 0 saturated heterocycles. The second-order valence-corrected chi connectivity index (χ2v) is 4.39. The predicted molar refractivity (Wildman–Crippen MR) is 69.0 cm³/mol. The molecule has 0 fully saturated rings. The van der Waals surface area contributed by atoms with Gasteiger partial charge in [0, 0.05) is 18.5 Å². The number of pyridine rings is 1. The number of aromatic nitrogens is 3. The minimum absolute atomic E-state index is 0.186. The fourth-order valence-corrected chi connectivity index (χ4v) is 2.10. The molecule has 2 rings (SSSR count). The second kappa shape index (κ2) is 5.53. The Balaban J connectivity index is 2.36. The van der Waals surface area contributed by atoms with E-state index in [0.717, 1.165) is 11.8 Å². The van der Waals surface area contributed by atoms with Crippen LogP contribution in [-0.2, 0) is 4.74 Å². The maximum Gasteiger partial charge on any atom is 0.340 e. The molecule has 0 spiro atoms. The fourth-order valence-electron chi connectivity index (χ4n) is 1.32. The zero-order valence-electron chi connectivity index (χ0n) is 9.91. The standard InChI is InChI=1S/C11H10N4O3S/c1-18-10(17)6-2-4-13-9(8(6)12)19-11-14-5-3-7(16)15-11/h2-5H,12H2,1H3,(H,14,15,16). The van der Waals surface area contributed by atoms with Gasteiger partial charge in [-0.25, -0.2) is 14.8 Å². The molecular formula is C11H10N4O3S. The van der Waals surface area contributed by atoms with Gasteiger partial charge in [0.15, 0.2) is 5.16 Å². The quantitative estimate of drug-likeness (QED) is 0.627. The van der Waals surface area contributed by atoms with Crippen LogP contribution in [0, 0.1) is 0 Å². The summed E-state index contributed by atoms with van der Waals surface area (Å²) >= 11 is 1.06. The van der Waals surface area contributed by atoms with Gasteiger partial charge in [0.25, 0.3) is 5.56 Å². The van der Waals surface area contributed by atoms with E-state index in [1.54, 1.807) is 0 Å². The smallest absolute Gasteiger partial charge is 0.340 e. The number of nitrogens with one attached hydrogen (secondary N) is 1. The molecule has 0 aromatic carbocycles. The first kappa shape index (κ1) is 13.1. The van der Waals surface area contributed by atoms with Gasteiger partial charge >= 0.3 is 5.97 Å². The van der Waals surface area contributed by atoms with Gasteiger partial charge in [0.1, 0.15) is 5.03 Å². The fraction of sp³-hybridized carbons (Fsp3) is 0.0909. The van der Waals surface area contributed by atoms with Crippen LogP contribution in [-0.4, -0.2) is 28.0 Å². The molecule has 2 aromatic heterocycles. The molecule has 0 unspecified atom stereocenters. The maximum atomic E-state index is 11.5. The highest BCUT2D eigenvalue weighted by molar-refractivity contribution is 7.99. The highest BCUT2D eigenvalue weighted by atomic mass is 32.2. The number of nitrogen functional groups attached to an aromatic ring is 1. The third-order valence-corrected chi connectivity index (χ3v) is 3.12. The monoisotopic (exact) mass is 278 g/mol. The van der Waals surface area contributed by atoms with Crippen LogP contribution in [0.2, 0.25) is 0 Å². The molecule has 3 N–H and O–H groups in total. The zero-order chi connectivity index (χ0) is 13.8. The molecule has 0 radical (unpaired) electrons. The summed E-state index contributed by atoms with van der Waals surface area (Å²) in [5.74, 6) is -0.545. The largest absolute Gasteiger partial charge is 0.465 e. The van der Waals surface area contributed by atoms with Crippen molar-refractivity contribution >= 4 is 23.4 Å². The van der Waals surface area contributed by atoms with Crippen LogP contribution in [0.1, 0.15) is 10.4 Å². The summed E-state index contributed by atoms with van der Waals surface area (Å²) in [6, 6.07) is 2.76. The third-order valence-electron chi connectivity index (χ3n) is 2.20. The maximum absolute atomic E-state index is 11.5. The Hall–Kier alpha value is -2.35. The number of hydrogen-bond acceptors (Lipinski definition) is 7. The van der Waals surface area contributed by atoms with Gasteiger partial charge in [0.05, 0.1) is 18.4 Å². The molecular weight excluding hydrogens is 268 g/mol. The molecule has 0 aliphatic rings. The summed E-state index contributed by atoms with van der Waals surface area (Å²) < 4.78 is 4.61. The number of rotatable bonds is 3. The van der Waals surface area contributed by atoms with E-state index >= 15 is 0 Å². The molecule has 0 amide bonds. The van der Waals surface area contributed by atoms with Crippen molar-refractivity contribution in [3.05, 3.63) is 40.4 Å². The molecule has 0 saturated carbocycles. The van der Waals surface area contributed by atoms with Gasteiger partial charge in [-0.1, -0.05) is 0 Å². The lowest BCUT2D eigenvalue weighted by atomic mass is 10.2. The molecule has 2 heterocycles. The summed E-state index contributed by atoms with van der Waals surface area (Å²) in [6.07, 6.45) is 2.81. The van der Waals surface area contributed by atoms with E-state index in [1.165, 1.54) is 31.6 Å². The molecule has 7 nitrogen and oxygen atoms in total. The van der Waals surface area contributed by atoms with E-state index in [4.69, 9.17) is 5.73 Å². The van der Waals surface area contributed by atoms with Crippen LogP contribution in [0.15, 0.2) is 39.5 Å². The van der Waals surface area contributed by atoms with Crippen LogP contribution in [0.3, 0.4) is 0 Å². The molecule has 0 aliphatic heterocycles. The Labute approximate surface area is 112 Å². The van der Waals surface area contributed by atoms with Crippen molar-refractivity contribution in [1.82, 2.24) is 15.0 Å². The predicted octanol–water partition coefficient (Wildman–Crippen LogP) is 0.685. The summed E-state index contributed by atoms with van der Waals surface area (Å²) in [5, 5.41) is 0.714. The molecule has 0 atom stereocenters. The van der Waals surface area contributed by atoms with E-state index in [9.17, 15) is 9.59 Å². The first-order valence-electron chi connectivity index (χ1n) is 5.18. The van der Waals surface area contributed by atoms with Gasteiger partial charge in [-0.3, -0.25) is 4.79 Å². The van der Waals surface area contributed by atoms with Crippen molar-refractivity contribution < 1.29 is 9.53 Å². The number of nitrogens with two attached hydrogens (primary N) is 1. The highest BCUT2D eigenvalue weighted by Crippen LogP contribution is 2.29. The van der Waals surface area contributed by atoms with Crippen LogP contribution in [0.4, 0.5) is 5.69 Å². The van der Waals surface area contributed by atoms with Crippen LogP contribution in [0.5, 0.6) is 0 Å². The van der Waals surface area contributed by atoms with E-state index in [0.29, 0.717) is 10.2 Å². The lowest BCUT2D eigenvalue weighted by Crippen LogP contribution is -2.08. The first-order chi connectivity index (χ1) is 9.11. The lowest BCUT2D eigenvalue weighted by molar-refractivity contribution is 0.0601. The lowest BCUT2D eigenvalue weighted by Gasteiger charge is -2.07. The number of methoxy groups -OCH3 is 1. The SMILES string of the molecule is COC(=O)c1ccnc(Sc2nccc(=O)[nH]2)c1N. The number of aromatic amines is 1. The van der Waals surface area contributed by atoms with Crippen molar-refractivity contribution in [2.45, 2.75) is 10.2 Å². The summed E-state index contributed by atoms with van der Waals surface area (Å²) in [4.78, 5) is 33.2. The first-order valence-corrected chi connectivity index (χ1v) is 5.99. The average molecular weight is 278 g/mol.